The van der Waals surface area contributed by atoms with E-state index in [2.05, 4.69) is 25.9 Å². The van der Waals surface area contributed by atoms with E-state index >= 15 is 0 Å². The Kier molecular flexibility index (Phi) is 2.97. The molecule has 1 heterocycles. The van der Waals surface area contributed by atoms with Gasteiger partial charge in [0.1, 0.15) is 12.1 Å². The molecule has 0 aliphatic carbocycles. The van der Waals surface area contributed by atoms with E-state index < -0.39 is 0 Å². The molecule has 0 amide bonds. The van der Waals surface area contributed by atoms with Crippen LogP contribution in [0.15, 0.2) is 41.3 Å². The van der Waals surface area contributed by atoms with E-state index in [1.807, 2.05) is 25.1 Å². The van der Waals surface area contributed by atoms with Crippen molar-refractivity contribution in [3.05, 3.63) is 46.8 Å². The molecule has 0 fully saturated rings. The van der Waals surface area contributed by atoms with Crippen molar-refractivity contribution < 1.29 is 4.74 Å². The van der Waals surface area contributed by atoms with Crippen molar-refractivity contribution in [3.63, 3.8) is 0 Å². The van der Waals surface area contributed by atoms with E-state index in [1.165, 1.54) is 6.33 Å². The maximum Gasteiger partial charge on any atom is 0.222 e. The van der Waals surface area contributed by atoms with Crippen molar-refractivity contribution in [2.45, 2.75) is 6.92 Å². The van der Waals surface area contributed by atoms with Crippen LogP contribution in [0.2, 0.25) is 0 Å². The zero-order valence-corrected chi connectivity index (χ0v) is 9.73. The van der Waals surface area contributed by atoms with Crippen LogP contribution in [0.3, 0.4) is 0 Å². The van der Waals surface area contributed by atoms with Crippen molar-refractivity contribution in [1.82, 2.24) is 9.97 Å². The molecule has 0 N–H and O–H groups in total. The Bertz CT molecular complexity index is 459. The van der Waals surface area contributed by atoms with Crippen molar-refractivity contribution in [3.8, 4) is 11.6 Å². The molecule has 4 heteroatoms. The predicted octanol–water partition coefficient (Wildman–Crippen LogP) is 3.34. The number of benzene rings is 1. The lowest BCUT2D eigenvalue weighted by molar-refractivity contribution is 0.457. The summed E-state index contributed by atoms with van der Waals surface area (Å²) in [5.74, 6) is 1.34. The zero-order valence-electron chi connectivity index (χ0n) is 8.14. The van der Waals surface area contributed by atoms with Gasteiger partial charge in [0.25, 0.3) is 0 Å². The molecule has 0 radical (unpaired) electrons. The number of halogens is 1. The minimum atomic E-state index is 0.547. The molecule has 76 valence electrons. The second kappa shape index (κ2) is 4.40. The summed E-state index contributed by atoms with van der Waals surface area (Å²) >= 11 is 3.40. The van der Waals surface area contributed by atoms with Crippen molar-refractivity contribution >= 4 is 15.9 Å². The average Bonchev–Trinajstić information content (AvgIpc) is 2.25. The lowest BCUT2D eigenvalue weighted by Crippen LogP contribution is -1.90. The number of aromatic nitrogens is 2. The SMILES string of the molecule is Cc1ccc(Br)cc1Oc1ccncn1. The van der Waals surface area contributed by atoms with Crippen LogP contribution in [0.25, 0.3) is 0 Å². The predicted molar refractivity (Wildman–Crippen MR) is 61.0 cm³/mol. The van der Waals surface area contributed by atoms with E-state index in [4.69, 9.17) is 4.74 Å². The molecule has 2 aromatic rings. The first-order chi connectivity index (χ1) is 7.25. The summed E-state index contributed by atoms with van der Waals surface area (Å²) in [5, 5.41) is 0. The van der Waals surface area contributed by atoms with Crippen molar-refractivity contribution in [2.75, 3.05) is 0 Å². The highest BCUT2D eigenvalue weighted by atomic mass is 79.9. The van der Waals surface area contributed by atoms with Gasteiger partial charge in [-0.1, -0.05) is 22.0 Å². The number of aryl methyl sites for hydroxylation is 1. The van der Waals surface area contributed by atoms with Crippen LogP contribution in [0.4, 0.5) is 0 Å². The van der Waals surface area contributed by atoms with Gasteiger partial charge in [0, 0.05) is 16.7 Å². The Morgan fingerprint density at radius 3 is 2.87 bits per heavy atom. The highest BCUT2D eigenvalue weighted by molar-refractivity contribution is 9.10. The second-order valence-electron chi connectivity index (χ2n) is 3.06. The van der Waals surface area contributed by atoms with Gasteiger partial charge in [-0.25, -0.2) is 9.97 Å². The molecule has 0 aliphatic heterocycles. The molecule has 1 aromatic heterocycles. The third-order valence-electron chi connectivity index (χ3n) is 1.92. The standard InChI is InChI=1S/C11H9BrN2O/c1-8-2-3-9(12)6-10(8)15-11-4-5-13-7-14-11/h2-7H,1H3. The van der Waals surface area contributed by atoms with Crippen LogP contribution < -0.4 is 4.74 Å². The first-order valence-corrected chi connectivity index (χ1v) is 5.25. The van der Waals surface area contributed by atoms with Crippen LogP contribution >= 0.6 is 15.9 Å². The number of hydrogen-bond acceptors (Lipinski definition) is 3. The molecular formula is C11H9BrN2O. The quantitative estimate of drug-likeness (QED) is 0.835. The van der Waals surface area contributed by atoms with Gasteiger partial charge in [-0.05, 0) is 24.6 Å². The molecular weight excluding hydrogens is 256 g/mol. The maximum absolute atomic E-state index is 5.61. The van der Waals surface area contributed by atoms with E-state index in [-0.39, 0.29) is 0 Å². The first kappa shape index (κ1) is 10.1. The Hall–Kier alpha value is -1.42. The fourth-order valence-electron chi connectivity index (χ4n) is 1.14. The topological polar surface area (TPSA) is 35.0 Å². The third kappa shape index (κ3) is 2.53. The Morgan fingerprint density at radius 1 is 1.27 bits per heavy atom. The Morgan fingerprint density at radius 2 is 2.13 bits per heavy atom. The van der Waals surface area contributed by atoms with E-state index in [0.29, 0.717) is 5.88 Å². The maximum atomic E-state index is 5.61. The van der Waals surface area contributed by atoms with Crippen molar-refractivity contribution in [1.29, 1.82) is 0 Å². The molecule has 0 bridgehead atoms. The van der Waals surface area contributed by atoms with Crippen molar-refractivity contribution in [2.24, 2.45) is 0 Å². The smallest absolute Gasteiger partial charge is 0.222 e. The fourth-order valence-corrected chi connectivity index (χ4v) is 1.48. The summed E-state index contributed by atoms with van der Waals surface area (Å²) in [7, 11) is 0. The summed E-state index contributed by atoms with van der Waals surface area (Å²) < 4.78 is 6.59. The van der Waals surface area contributed by atoms with E-state index in [0.717, 1.165) is 15.8 Å². The Balaban J connectivity index is 2.28. The summed E-state index contributed by atoms with van der Waals surface area (Å²) in [6, 6.07) is 7.60. The molecule has 0 saturated heterocycles. The van der Waals surface area contributed by atoms with Gasteiger partial charge >= 0.3 is 0 Å². The number of ether oxygens (including phenoxy) is 1. The second-order valence-corrected chi connectivity index (χ2v) is 3.98. The van der Waals surface area contributed by atoms with Gasteiger partial charge in [0.2, 0.25) is 5.88 Å². The summed E-state index contributed by atoms with van der Waals surface area (Å²) in [5.41, 5.74) is 1.07. The fraction of sp³-hybridized carbons (Fsp3) is 0.0909. The first-order valence-electron chi connectivity index (χ1n) is 4.46. The Labute approximate surface area is 96.3 Å². The lowest BCUT2D eigenvalue weighted by atomic mass is 10.2. The third-order valence-corrected chi connectivity index (χ3v) is 2.41. The van der Waals surface area contributed by atoms with E-state index in [9.17, 15) is 0 Å². The molecule has 0 atom stereocenters. The molecule has 2 rings (SSSR count). The molecule has 0 spiro atoms. The van der Waals surface area contributed by atoms with Crippen LogP contribution in [0.1, 0.15) is 5.56 Å². The monoisotopic (exact) mass is 264 g/mol. The summed E-state index contributed by atoms with van der Waals surface area (Å²) in [6.07, 6.45) is 3.11. The average molecular weight is 265 g/mol. The van der Waals surface area contributed by atoms with Gasteiger partial charge in [-0.2, -0.15) is 0 Å². The summed E-state index contributed by atoms with van der Waals surface area (Å²) in [6.45, 7) is 1.99. The van der Waals surface area contributed by atoms with Gasteiger partial charge < -0.3 is 4.74 Å². The molecule has 1 aromatic carbocycles. The van der Waals surface area contributed by atoms with Gasteiger partial charge in [0.15, 0.2) is 0 Å². The molecule has 15 heavy (non-hydrogen) atoms. The highest BCUT2D eigenvalue weighted by Crippen LogP contribution is 2.26. The molecule has 0 unspecified atom stereocenters. The van der Waals surface area contributed by atoms with E-state index in [1.54, 1.807) is 12.3 Å². The minimum Gasteiger partial charge on any atom is -0.439 e. The number of hydrogen-bond donors (Lipinski definition) is 0. The number of nitrogens with zero attached hydrogens (tertiary/aromatic N) is 2. The van der Waals surface area contributed by atoms with Gasteiger partial charge in [0.05, 0.1) is 0 Å². The summed E-state index contributed by atoms with van der Waals surface area (Å²) in [4.78, 5) is 7.82. The highest BCUT2D eigenvalue weighted by Gasteiger charge is 2.02. The lowest BCUT2D eigenvalue weighted by Gasteiger charge is -2.07. The largest absolute Gasteiger partial charge is 0.439 e. The van der Waals surface area contributed by atoms with Gasteiger partial charge in [-0.3, -0.25) is 0 Å². The minimum absolute atomic E-state index is 0.547. The van der Waals surface area contributed by atoms with Crippen LogP contribution in [0, 0.1) is 6.92 Å². The molecule has 3 nitrogen and oxygen atoms in total. The normalized spacial score (nSPS) is 10.0. The molecule has 0 aliphatic rings. The number of rotatable bonds is 2. The van der Waals surface area contributed by atoms with Crippen LogP contribution in [0.5, 0.6) is 11.6 Å². The zero-order chi connectivity index (χ0) is 10.7. The molecule has 0 saturated carbocycles. The van der Waals surface area contributed by atoms with Gasteiger partial charge in [-0.15, -0.1) is 0 Å². The van der Waals surface area contributed by atoms with Crippen LogP contribution in [-0.4, -0.2) is 9.97 Å². The van der Waals surface area contributed by atoms with Crippen LogP contribution in [-0.2, 0) is 0 Å².